The number of halogens is 1. The number of nitrogens with zero attached hydrogens (tertiary/aromatic N) is 1. The Hall–Kier alpha value is -2.66. The number of anilines is 1. The number of thiophene rings is 1. The molecule has 3 nitrogen and oxygen atoms in total. The minimum Gasteiger partial charge on any atom is -0.494 e. The lowest BCUT2D eigenvalue weighted by Crippen LogP contribution is -2.30. The number of hydrogen-bond donors (Lipinski definition) is 0. The van der Waals surface area contributed by atoms with Crippen LogP contribution in [-0.2, 0) is 6.54 Å². The maximum atomic E-state index is 14.1. The van der Waals surface area contributed by atoms with Gasteiger partial charge in [-0.3, -0.25) is 4.79 Å². The van der Waals surface area contributed by atoms with Gasteiger partial charge in [-0.2, -0.15) is 0 Å². The van der Waals surface area contributed by atoms with Gasteiger partial charge in [-0.25, -0.2) is 4.39 Å². The first-order valence-electron chi connectivity index (χ1n) is 8.00. The van der Waals surface area contributed by atoms with Crippen LogP contribution in [0, 0.1) is 5.82 Å². The normalized spacial score (nSPS) is 10.5. The van der Waals surface area contributed by atoms with Crippen molar-refractivity contribution in [3.8, 4) is 5.75 Å². The standard InChI is InChI=1S/C20H18FNO2S/c1-2-24-16-11-9-15(10-12-16)22(14-17-6-5-13-25-17)20(23)18-7-3-4-8-19(18)21/h3-13H,2,14H2,1H3. The van der Waals surface area contributed by atoms with Gasteiger partial charge in [0.15, 0.2) is 0 Å². The zero-order valence-corrected chi connectivity index (χ0v) is 14.6. The molecule has 0 bridgehead atoms. The van der Waals surface area contributed by atoms with E-state index in [2.05, 4.69) is 0 Å². The molecule has 1 amide bonds. The van der Waals surface area contributed by atoms with E-state index in [0.29, 0.717) is 18.8 Å². The summed E-state index contributed by atoms with van der Waals surface area (Å²) in [5, 5.41) is 1.96. The predicted octanol–water partition coefficient (Wildman–Crippen LogP) is 5.13. The third-order valence-electron chi connectivity index (χ3n) is 3.70. The molecule has 0 fully saturated rings. The van der Waals surface area contributed by atoms with Gasteiger partial charge in [-0.1, -0.05) is 18.2 Å². The minimum absolute atomic E-state index is 0.0629. The number of rotatable bonds is 6. The molecule has 0 spiro atoms. The zero-order chi connectivity index (χ0) is 17.6. The Balaban J connectivity index is 1.94. The molecule has 0 aliphatic rings. The van der Waals surface area contributed by atoms with Crippen LogP contribution in [-0.4, -0.2) is 12.5 Å². The zero-order valence-electron chi connectivity index (χ0n) is 13.8. The number of hydrogen-bond acceptors (Lipinski definition) is 3. The van der Waals surface area contributed by atoms with Gasteiger partial charge < -0.3 is 9.64 Å². The largest absolute Gasteiger partial charge is 0.494 e. The van der Waals surface area contributed by atoms with Crippen molar-refractivity contribution >= 4 is 22.9 Å². The summed E-state index contributed by atoms with van der Waals surface area (Å²) in [7, 11) is 0. The lowest BCUT2D eigenvalue weighted by molar-refractivity contribution is 0.0981. The monoisotopic (exact) mass is 355 g/mol. The van der Waals surface area contributed by atoms with Crippen molar-refractivity contribution in [1.29, 1.82) is 0 Å². The van der Waals surface area contributed by atoms with Gasteiger partial charge >= 0.3 is 0 Å². The predicted molar refractivity (Wildman–Crippen MR) is 98.8 cm³/mol. The number of amides is 1. The van der Waals surface area contributed by atoms with Gasteiger partial charge in [-0.05, 0) is 54.8 Å². The van der Waals surface area contributed by atoms with Gasteiger partial charge in [0, 0.05) is 10.6 Å². The van der Waals surface area contributed by atoms with Crippen molar-refractivity contribution in [2.75, 3.05) is 11.5 Å². The van der Waals surface area contributed by atoms with Crippen molar-refractivity contribution in [2.45, 2.75) is 13.5 Å². The smallest absolute Gasteiger partial charge is 0.261 e. The van der Waals surface area contributed by atoms with Crippen molar-refractivity contribution < 1.29 is 13.9 Å². The second-order valence-electron chi connectivity index (χ2n) is 5.38. The van der Waals surface area contributed by atoms with E-state index in [-0.39, 0.29) is 11.5 Å². The first-order chi connectivity index (χ1) is 12.2. The number of carbonyl (C=O) groups excluding carboxylic acids is 1. The first kappa shape index (κ1) is 17.2. The van der Waals surface area contributed by atoms with E-state index in [1.54, 1.807) is 28.4 Å². The molecule has 1 heterocycles. The molecule has 0 unspecified atom stereocenters. The highest BCUT2D eigenvalue weighted by atomic mass is 32.1. The van der Waals surface area contributed by atoms with Gasteiger partial charge in [0.05, 0.1) is 18.7 Å². The van der Waals surface area contributed by atoms with Gasteiger partial charge in [-0.15, -0.1) is 11.3 Å². The second-order valence-corrected chi connectivity index (χ2v) is 6.41. The molecule has 25 heavy (non-hydrogen) atoms. The molecule has 0 N–H and O–H groups in total. The number of benzene rings is 2. The maximum absolute atomic E-state index is 14.1. The summed E-state index contributed by atoms with van der Waals surface area (Å²) in [6.07, 6.45) is 0. The SMILES string of the molecule is CCOc1ccc(N(Cc2cccs2)C(=O)c2ccccc2F)cc1. The summed E-state index contributed by atoms with van der Waals surface area (Å²) in [5.41, 5.74) is 0.762. The van der Waals surface area contributed by atoms with Crippen LogP contribution in [0.4, 0.5) is 10.1 Å². The quantitative estimate of drug-likeness (QED) is 0.613. The molecule has 0 saturated heterocycles. The van der Waals surface area contributed by atoms with E-state index in [0.717, 1.165) is 10.6 Å². The van der Waals surface area contributed by atoms with Gasteiger partial charge in [0.1, 0.15) is 11.6 Å². The van der Waals surface area contributed by atoms with Crippen LogP contribution in [0.25, 0.3) is 0 Å². The average Bonchev–Trinajstić information content (AvgIpc) is 3.14. The summed E-state index contributed by atoms with van der Waals surface area (Å²) in [4.78, 5) is 15.6. The highest BCUT2D eigenvalue weighted by Crippen LogP contribution is 2.25. The molecule has 0 aliphatic heterocycles. The third kappa shape index (κ3) is 4.06. The molecule has 3 rings (SSSR count). The first-order valence-corrected chi connectivity index (χ1v) is 8.88. The fourth-order valence-corrected chi connectivity index (χ4v) is 3.20. The summed E-state index contributed by atoms with van der Waals surface area (Å²) >= 11 is 1.56. The highest BCUT2D eigenvalue weighted by Gasteiger charge is 2.21. The Morgan fingerprint density at radius 1 is 1.08 bits per heavy atom. The molecule has 2 aromatic carbocycles. The minimum atomic E-state index is -0.519. The Bertz CT molecular complexity index is 831. The number of carbonyl (C=O) groups is 1. The van der Waals surface area contributed by atoms with E-state index < -0.39 is 5.82 Å². The van der Waals surface area contributed by atoms with Crippen LogP contribution < -0.4 is 9.64 Å². The van der Waals surface area contributed by atoms with Crippen LogP contribution in [0.5, 0.6) is 5.75 Å². The van der Waals surface area contributed by atoms with Crippen molar-refractivity contribution in [3.63, 3.8) is 0 Å². The number of ether oxygens (including phenoxy) is 1. The van der Waals surface area contributed by atoms with Crippen LogP contribution in [0.1, 0.15) is 22.2 Å². The maximum Gasteiger partial charge on any atom is 0.261 e. The molecule has 5 heteroatoms. The van der Waals surface area contributed by atoms with Crippen LogP contribution in [0.3, 0.4) is 0 Å². The molecule has 0 saturated carbocycles. The molecule has 0 radical (unpaired) electrons. The molecular weight excluding hydrogens is 337 g/mol. The molecule has 0 aliphatic carbocycles. The van der Waals surface area contributed by atoms with E-state index in [1.165, 1.54) is 12.1 Å². The lowest BCUT2D eigenvalue weighted by Gasteiger charge is -2.23. The van der Waals surface area contributed by atoms with E-state index in [9.17, 15) is 9.18 Å². The van der Waals surface area contributed by atoms with Crippen LogP contribution in [0.2, 0.25) is 0 Å². The summed E-state index contributed by atoms with van der Waals surface area (Å²) in [6.45, 7) is 2.88. The summed E-state index contributed by atoms with van der Waals surface area (Å²) < 4.78 is 19.5. The van der Waals surface area contributed by atoms with E-state index in [1.807, 2.05) is 48.7 Å². The fourth-order valence-electron chi connectivity index (χ4n) is 2.51. The van der Waals surface area contributed by atoms with Gasteiger partial charge in [0.25, 0.3) is 5.91 Å². The van der Waals surface area contributed by atoms with Crippen molar-refractivity contribution in [1.82, 2.24) is 0 Å². The fraction of sp³-hybridized carbons (Fsp3) is 0.150. The Kier molecular flexibility index (Phi) is 5.46. The van der Waals surface area contributed by atoms with Crippen LogP contribution >= 0.6 is 11.3 Å². The van der Waals surface area contributed by atoms with Gasteiger partial charge in [0.2, 0.25) is 0 Å². The van der Waals surface area contributed by atoms with Crippen molar-refractivity contribution in [2.24, 2.45) is 0 Å². The Labute approximate surface area is 150 Å². The van der Waals surface area contributed by atoms with E-state index >= 15 is 0 Å². The Morgan fingerprint density at radius 2 is 1.84 bits per heavy atom. The van der Waals surface area contributed by atoms with E-state index in [4.69, 9.17) is 4.74 Å². The molecule has 3 aromatic rings. The molecule has 0 atom stereocenters. The summed E-state index contributed by atoms with van der Waals surface area (Å²) in [6, 6.07) is 17.2. The highest BCUT2D eigenvalue weighted by molar-refractivity contribution is 7.09. The third-order valence-corrected chi connectivity index (χ3v) is 4.56. The lowest BCUT2D eigenvalue weighted by atomic mass is 10.1. The molecule has 128 valence electrons. The topological polar surface area (TPSA) is 29.5 Å². The Morgan fingerprint density at radius 3 is 2.48 bits per heavy atom. The van der Waals surface area contributed by atoms with Crippen molar-refractivity contribution in [3.05, 3.63) is 82.3 Å². The second kappa shape index (κ2) is 7.94. The molecule has 1 aromatic heterocycles. The molecular formula is C20H18FNO2S. The summed E-state index contributed by atoms with van der Waals surface area (Å²) in [5.74, 6) is -0.147. The van der Waals surface area contributed by atoms with Crippen LogP contribution in [0.15, 0.2) is 66.0 Å². The average molecular weight is 355 g/mol.